The van der Waals surface area contributed by atoms with Crippen LogP contribution in [0.2, 0.25) is 0 Å². The molecule has 3 aromatic rings. The van der Waals surface area contributed by atoms with Crippen molar-refractivity contribution in [2.75, 3.05) is 39.3 Å². The number of methoxy groups -OCH3 is 3. The summed E-state index contributed by atoms with van der Waals surface area (Å²) in [6, 6.07) is 17.7. The first-order valence-electron chi connectivity index (χ1n) is 10.0. The predicted octanol–water partition coefficient (Wildman–Crippen LogP) is 4.14. The van der Waals surface area contributed by atoms with E-state index in [-0.39, 0.29) is 12.5 Å². The Bertz CT molecular complexity index is 958. The summed E-state index contributed by atoms with van der Waals surface area (Å²) in [5, 5.41) is 5.07. The number of hydrogen-bond acceptors (Lipinski definition) is 6. The Morgan fingerprint density at radius 3 is 2.39 bits per heavy atom. The molecule has 0 aliphatic rings. The van der Waals surface area contributed by atoms with Crippen LogP contribution in [-0.4, -0.2) is 40.3 Å². The van der Waals surface area contributed by atoms with Crippen LogP contribution in [0.15, 0.2) is 60.0 Å². The third-order valence-electron chi connectivity index (χ3n) is 4.88. The lowest BCUT2D eigenvalue weighted by molar-refractivity contribution is -0.119. The predicted molar refractivity (Wildman–Crippen MR) is 125 cm³/mol. The summed E-state index contributed by atoms with van der Waals surface area (Å²) in [5.41, 5.74) is 2.05. The van der Waals surface area contributed by atoms with Crippen LogP contribution in [0.3, 0.4) is 0 Å². The highest BCUT2D eigenvalue weighted by atomic mass is 32.1. The Balaban J connectivity index is 1.59. The second kappa shape index (κ2) is 11.3. The Morgan fingerprint density at radius 1 is 0.968 bits per heavy atom. The minimum Gasteiger partial charge on any atom is -0.497 e. The van der Waals surface area contributed by atoms with Crippen molar-refractivity contribution in [2.45, 2.75) is 13.0 Å². The Hall–Kier alpha value is -3.19. The zero-order valence-electron chi connectivity index (χ0n) is 18.1. The van der Waals surface area contributed by atoms with Gasteiger partial charge in [0, 0.05) is 17.1 Å². The fourth-order valence-corrected chi connectivity index (χ4v) is 3.95. The standard InChI is InChI=1S/C24H28N2O4S/c1-28-20-9-7-19(8-10-20)26(16-21-5-4-14-31-21)17-24(27)25-13-12-18-6-11-22(29-2)23(15-18)30-3/h4-11,14-15H,12-13,16-17H2,1-3H3,(H,25,27). The number of carbonyl (C=O) groups is 1. The summed E-state index contributed by atoms with van der Waals surface area (Å²) in [6.07, 6.45) is 0.708. The van der Waals surface area contributed by atoms with Gasteiger partial charge in [0.1, 0.15) is 5.75 Å². The van der Waals surface area contributed by atoms with Gasteiger partial charge in [-0.05, 0) is 59.8 Å². The summed E-state index contributed by atoms with van der Waals surface area (Å²) in [5.74, 6) is 2.15. The highest BCUT2D eigenvalue weighted by Crippen LogP contribution is 2.27. The van der Waals surface area contributed by atoms with Crippen molar-refractivity contribution in [3.63, 3.8) is 0 Å². The number of nitrogens with zero attached hydrogens (tertiary/aromatic N) is 1. The van der Waals surface area contributed by atoms with Gasteiger partial charge in [-0.1, -0.05) is 12.1 Å². The molecule has 164 valence electrons. The molecule has 0 saturated carbocycles. The second-order valence-corrected chi connectivity index (χ2v) is 7.95. The van der Waals surface area contributed by atoms with E-state index in [2.05, 4.69) is 16.3 Å². The number of thiophene rings is 1. The number of rotatable bonds is 11. The molecule has 1 aromatic heterocycles. The van der Waals surface area contributed by atoms with Gasteiger partial charge < -0.3 is 24.4 Å². The van der Waals surface area contributed by atoms with Gasteiger partial charge in [0.15, 0.2) is 11.5 Å². The first kappa shape index (κ1) is 22.5. The summed E-state index contributed by atoms with van der Waals surface area (Å²) in [7, 11) is 4.87. The molecule has 3 rings (SSSR count). The van der Waals surface area contributed by atoms with Crippen molar-refractivity contribution in [3.8, 4) is 17.2 Å². The molecule has 0 atom stereocenters. The molecule has 0 saturated heterocycles. The van der Waals surface area contributed by atoms with Crippen LogP contribution in [0.4, 0.5) is 5.69 Å². The van der Waals surface area contributed by atoms with Crippen LogP contribution in [0.5, 0.6) is 17.2 Å². The van der Waals surface area contributed by atoms with Crippen LogP contribution in [-0.2, 0) is 17.8 Å². The molecule has 0 aliphatic carbocycles. The Kier molecular flexibility index (Phi) is 8.18. The van der Waals surface area contributed by atoms with Crippen LogP contribution in [0.1, 0.15) is 10.4 Å². The summed E-state index contributed by atoms with van der Waals surface area (Å²) in [6.45, 7) is 1.49. The first-order valence-corrected chi connectivity index (χ1v) is 10.9. The molecule has 0 radical (unpaired) electrons. The number of amides is 1. The summed E-state index contributed by atoms with van der Waals surface area (Å²) >= 11 is 1.68. The van der Waals surface area contributed by atoms with Crippen LogP contribution >= 0.6 is 11.3 Å². The van der Waals surface area contributed by atoms with Crippen molar-refractivity contribution >= 4 is 22.9 Å². The third kappa shape index (κ3) is 6.39. The molecular weight excluding hydrogens is 412 g/mol. The van der Waals surface area contributed by atoms with E-state index in [1.54, 1.807) is 32.7 Å². The molecule has 6 nitrogen and oxygen atoms in total. The number of benzene rings is 2. The average molecular weight is 441 g/mol. The summed E-state index contributed by atoms with van der Waals surface area (Å²) in [4.78, 5) is 15.9. The van der Waals surface area contributed by atoms with E-state index in [1.807, 2.05) is 53.9 Å². The van der Waals surface area contributed by atoms with Gasteiger partial charge in [0.2, 0.25) is 5.91 Å². The molecule has 7 heteroatoms. The van der Waals surface area contributed by atoms with Gasteiger partial charge in [0.25, 0.3) is 0 Å². The van der Waals surface area contributed by atoms with E-state index in [0.717, 1.165) is 17.0 Å². The topological polar surface area (TPSA) is 60.0 Å². The van der Waals surface area contributed by atoms with E-state index in [0.29, 0.717) is 31.0 Å². The molecule has 31 heavy (non-hydrogen) atoms. The highest BCUT2D eigenvalue weighted by Gasteiger charge is 2.13. The number of carbonyl (C=O) groups excluding carboxylic acids is 1. The Morgan fingerprint density at radius 2 is 1.74 bits per heavy atom. The Labute approximate surface area is 187 Å². The summed E-state index contributed by atoms with van der Waals surface area (Å²) < 4.78 is 15.9. The van der Waals surface area contributed by atoms with E-state index >= 15 is 0 Å². The molecule has 0 unspecified atom stereocenters. The fourth-order valence-electron chi connectivity index (χ4n) is 3.23. The minimum atomic E-state index is -0.0205. The van der Waals surface area contributed by atoms with Gasteiger partial charge in [-0.15, -0.1) is 11.3 Å². The molecular formula is C24H28N2O4S. The van der Waals surface area contributed by atoms with Gasteiger partial charge in [-0.25, -0.2) is 0 Å². The van der Waals surface area contributed by atoms with E-state index in [1.165, 1.54) is 4.88 Å². The quantitative estimate of drug-likeness (QED) is 0.486. The van der Waals surface area contributed by atoms with E-state index < -0.39 is 0 Å². The maximum absolute atomic E-state index is 12.7. The van der Waals surface area contributed by atoms with Gasteiger partial charge in [0.05, 0.1) is 34.4 Å². The number of nitrogens with one attached hydrogen (secondary N) is 1. The molecule has 1 amide bonds. The van der Waals surface area contributed by atoms with Crippen LogP contribution in [0, 0.1) is 0 Å². The lowest BCUT2D eigenvalue weighted by Gasteiger charge is -2.24. The number of anilines is 1. The van der Waals surface area contributed by atoms with Crippen molar-refractivity contribution in [1.82, 2.24) is 5.32 Å². The van der Waals surface area contributed by atoms with Crippen LogP contribution in [0.25, 0.3) is 0 Å². The molecule has 2 aromatic carbocycles. The minimum absolute atomic E-state index is 0.0205. The largest absolute Gasteiger partial charge is 0.497 e. The number of ether oxygens (including phenoxy) is 3. The smallest absolute Gasteiger partial charge is 0.239 e. The van der Waals surface area contributed by atoms with Crippen molar-refractivity contribution in [1.29, 1.82) is 0 Å². The molecule has 0 spiro atoms. The first-order chi connectivity index (χ1) is 15.1. The second-order valence-electron chi connectivity index (χ2n) is 6.92. The SMILES string of the molecule is COc1ccc(N(CC(=O)NCCc2ccc(OC)c(OC)c2)Cc2cccs2)cc1. The van der Waals surface area contributed by atoms with Crippen molar-refractivity contribution < 1.29 is 19.0 Å². The normalized spacial score (nSPS) is 10.4. The van der Waals surface area contributed by atoms with Gasteiger partial charge in [-0.2, -0.15) is 0 Å². The zero-order valence-corrected chi connectivity index (χ0v) is 18.9. The van der Waals surface area contributed by atoms with E-state index in [9.17, 15) is 4.79 Å². The average Bonchev–Trinajstić information content (AvgIpc) is 3.31. The maximum Gasteiger partial charge on any atom is 0.239 e. The fraction of sp³-hybridized carbons (Fsp3) is 0.292. The van der Waals surface area contributed by atoms with E-state index in [4.69, 9.17) is 14.2 Å². The highest BCUT2D eigenvalue weighted by molar-refractivity contribution is 7.09. The molecule has 0 bridgehead atoms. The molecule has 0 aliphatic heterocycles. The van der Waals surface area contributed by atoms with Gasteiger partial charge >= 0.3 is 0 Å². The monoisotopic (exact) mass is 440 g/mol. The maximum atomic E-state index is 12.7. The lowest BCUT2D eigenvalue weighted by Crippen LogP contribution is -2.37. The lowest BCUT2D eigenvalue weighted by atomic mass is 10.1. The van der Waals surface area contributed by atoms with Gasteiger partial charge in [-0.3, -0.25) is 4.79 Å². The van der Waals surface area contributed by atoms with Crippen molar-refractivity contribution in [3.05, 3.63) is 70.4 Å². The third-order valence-corrected chi connectivity index (χ3v) is 5.74. The van der Waals surface area contributed by atoms with Crippen molar-refractivity contribution in [2.24, 2.45) is 0 Å². The zero-order chi connectivity index (χ0) is 22.1. The molecule has 0 fully saturated rings. The van der Waals surface area contributed by atoms with Crippen LogP contribution < -0.4 is 24.4 Å². The number of hydrogen-bond donors (Lipinski definition) is 1. The molecule has 1 heterocycles. The molecule has 1 N–H and O–H groups in total.